The number of rotatable bonds is 11. The van der Waals surface area contributed by atoms with Gasteiger partial charge in [-0.3, -0.25) is 9.11 Å². The lowest BCUT2D eigenvalue weighted by atomic mass is 9.50. The summed E-state index contributed by atoms with van der Waals surface area (Å²) in [7, 11) is -12.9. The van der Waals surface area contributed by atoms with Crippen LogP contribution in [-0.4, -0.2) is 81.7 Å². The van der Waals surface area contributed by atoms with Gasteiger partial charge >= 0.3 is 53.9 Å². The van der Waals surface area contributed by atoms with Gasteiger partial charge in [0.25, 0.3) is 0 Å². The van der Waals surface area contributed by atoms with E-state index in [1.165, 1.54) is 0 Å². The van der Waals surface area contributed by atoms with E-state index in [1.54, 1.807) is 0 Å². The first-order valence-electron chi connectivity index (χ1n) is 10.3. The molecule has 40 heavy (non-hydrogen) atoms. The Hall–Kier alpha value is -1.96. The van der Waals surface area contributed by atoms with Crippen LogP contribution in [-0.2, 0) is 58.2 Å². The molecular formula is C16H16F6O15S3. The van der Waals surface area contributed by atoms with Gasteiger partial charge in [-0.25, -0.2) is 19.6 Å². The van der Waals surface area contributed by atoms with Crippen LogP contribution >= 0.6 is 12.0 Å². The highest BCUT2D eigenvalue weighted by atomic mass is 32.2. The normalized spacial score (nSPS) is 30.6. The summed E-state index contributed by atoms with van der Waals surface area (Å²) in [5, 5.41) is -4.91. The standard InChI is InChI=1S/C16H16F6O15S3/c17-14(18,38-37-36-26)8(23)33-11-1-7-2-12(4-11,34-9(24)15(19,20)39(27,28)29)6-13(3-7,5-11)35-10(25)16(21,22)40(30,31)32/h7,26H,1-6H2,(H,27,28,29)(H,30,31,32). The Kier molecular flexibility index (Phi) is 7.98. The molecule has 24 heteroatoms. The van der Waals surface area contributed by atoms with Crippen molar-refractivity contribution in [3.63, 3.8) is 0 Å². The van der Waals surface area contributed by atoms with Crippen molar-refractivity contribution in [2.45, 2.75) is 71.1 Å². The number of hydrogen-bond acceptors (Lipinski definition) is 14. The van der Waals surface area contributed by atoms with Crippen LogP contribution in [0.15, 0.2) is 0 Å². The van der Waals surface area contributed by atoms with Crippen LogP contribution < -0.4 is 0 Å². The van der Waals surface area contributed by atoms with Crippen LogP contribution in [0.2, 0.25) is 0 Å². The largest absolute Gasteiger partial charge is 0.465 e. The molecule has 0 saturated heterocycles. The smallest absolute Gasteiger partial charge is 0.454 e. The third kappa shape index (κ3) is 5.84. The minimum atomic E-state index is -6.44. The van der Waals surface area contributed by atoms with Crippen molar-refractivity contribution >= 4 is 50.2 Å². The molecule has 0 aromatic carbocycles. The summed E-state index contributed by atoms with van der Waals surface area (Å²) < 4.78 is 163. The van der Waals surface area contributed by atoms with Crippen molar-refractivity contribution in [1.82, 2.24) is 0 Å². The fourth-order valence-electron chi connectivity index (χ4n) is 5.59. The average Bonchev–Trinajstić information content (AvgIpc) is 2.74. The molecule has 4 saturated carbocycles. The summed E-state index contributed by atoms with van der Waals surface area (Å²) >= 11 is -1.09. The van der Waals surface area contributed by atoms with Gasteiger partial charge in [0.1, 0.15) is 28.8 Å². The lowest BCUT2D eigenvalue weighted by Crippen LogP contribution is -2.70. The second kappa shape index (κ2) is 9.81. The number of hydrogen-bond donors (Lipinski definition) is 3. The number of esters is 3. The maximum absolute atomic E-state index is 14.1. The summed E-state index contributed by atoms with van der Waals surface area (Å²) in [6.45, 7) is 0. The Balaban J connectivity index is 2.04. The molecular weight excluding hydrogens is 642 g/mol. The number of carbonyl (C=O) groups is 3. The van der Waals surface area contributed by atoms with E-state index < -0.39 is 127 Å². The van der Waals surface area contributed by atoms with Crippen LogP contribution in [0.1, 0.15) is 38.5 Å². The first-order valence-corrected chi connectivity index (χ1v) is 13.9. The molecule has 0 amide bonds. The van der Waals surface area contributed by atoms with Crippen molar-refractivity contribution in [2.75, 3.05) is 0 Å². The van der Waals surface area contributed by atoms with Gasteiger partial charge in [-0.05, 0) is 25.2 Å². The van der Waals surface area contributed by atoms with E-state index >= 15 is 0 Å². The summed E-state index contributed by atoms with van der Waals surface area (Å²) in [6, 6.07) is 0. The molecule has 0 aliphatic heterocycles. The van der Waals surface area contributed by atoms with Crippen molar-refractivity contribution in [1.29, 1.82) is 0 Å². The zero-order valence-corrected chi connectivity index (χ0v) is 21.5. The molecule has 2 unspecified atom stereocenters. The number of alkyl halides is 6. The molecule has 0 aromatic heterocycles. The third-order valence-electron chi connectivity index (χ3n) is 6.37. The number of halogens is 6. The van der Waals surface area contributed by atoms with Crippen LogP contribution in [0.5, 0.6) is 0 Å². The van der Waals surface area contributed by atoms with Crippen LogP contribution in [0.4, 0.5) is 26.3 Å². The SMILES string of the molecule is O=C(OC12CC3CC(OC(=O)C(F)(F)S(=O)(=O)O)(C1)CC(OC(=O)C(F)(F)S(=O)(=O)O)(C3)C2)C(F)(F)SOOO. The first-order chi connectivity index (χ1) is 17.9. The Morgan fingerprint density at radius 1 is 0.700 bits per heavy atom. The fourth-order valence-corrected chi connectivity index (χ4v) is 6.32. The molecule has 230 valence electrons. The molecule has 3 N–H and O–H groups in total. The van der Waals surface area contributed by atoms with Crippen molar-refractivity contribution in [3.8, 4) is 0 Å². The van der Waals surface area contributed by atoms with Crippen molar-refractivity contribution < 1.29 is 95.5 Å². The molecule has 0 aromatic rings. The van der Waals surface area contributed by atoms with Crippen LogP contribution in [0.25, 0.3) is 0 Å². The topological polar surface area (TPSA) is 226 Å². The quantitative estimate of drug-likeness (QED) is 0.0543. The van der Waals surface area contributed by atoms with E-state index in [0.717, 1.165) is 0 Å². The van der Waals surface area contributed by atoms with Gasteiger partial charge in [-0.15, -0.1) is 4.33 Å². The summed E-state index contributed by atoms with van der Waals surface area (Å²) in [5.41, 5.74) is -7.38. The van der Waals surface area contributed by atoms with Gasteiger partial charge in [-0.1, -0.05) is 5.04 Å². The molecule has 0 spiro atoms. The maximum atomic E-state index is 14.1. The number of ether oxygens (including phenoxy) is 3. The highest BCUT2D eigenvalue weighted by Gasteiger charge is 2.71. The van der Waals surface area contributed by atoms with E-state index in [0.29, 0.717) is 0 Å². The molecule has 4 rings (SSSR count). The van der Waals surface area contributed by atoms with E-state index in [1.807, 2.05) is 0 Å². The third-order valence-corrected chi connectivity index (χ3v) is 8.51. The van der Waals surface area contributed by atoms with Crippen molar-refractivity contribution in [3.05, 3.63) is 0 Å². The zero-order valence-electron chi connectivity index (χ0n) is 19.1. The van der Waals surface area contributed by atoms with E-state index in [-0.39, 0.29) is 0 Å². The molecule has 0 heterocycles. The van der Waals surface area contributed by atoms with Gasteiger partial charge in [0, 0.05) is 19.3 Å². The second-order valence-corrected chi connectivity index (χ2v) is 13.2. The Bertz CT molecular complexity index is 1230. The van der Waals surface area contributed by atoms with E-state index in [2.05, 4.69) is 18.8 Å². The average molecular weight is 658 g/mol. The highest BCUT2D eigenvalue weighted by molar-refractivity contribution is 7.96. The molecule has 4 fully saturated rings. The molecule has 15 nitrogen and oxygen atoms in total. The van der Waals surface area contributed by atoms with Gasteiger partial charge in [-0.2, -0.15) is 43.2 Å². The second-order valence-electron chi connectivity index (χ2n) is 9.45. The first kappa shape index (κ1) is 32.6. The highest BCUT2D eigenvalue weighted by Crippen LogP contribution is 2.64. The Morgan fingerprint density at radius 2 is 1.02 bits per heavy atom. The minimum Gasteiger partial charge on any atom is -0.454 e. The molecule has 0 radical (unpaired) electrons. The maximum Gasteiger partial charge on any atom is 0.465 e. The predicted octanol–water partition coefficient (Wildman–Crippen LogP) is 1.45. The van der Waals surface area contributed by atoms with Gasteiger partial charge in [0.05, 0.1) is 0 Å². The minimum absolute atomic E-state index is 0.459. The summed E-state index contributed by atoms with van der Waals surface area (Å²) in [5.74, 6) is -9.43. The van der Waals surface area contributed by atoms with E-state index in [4.69, 9.17) is 19.1 Å². The van der Waals surface area contributed by atoms with E-state index in [9.17, 15) is 57.6 Å². The fraction of sp³-hybridized carbons (Fsp3) is 0.812. The Labute approximate surface area is 222 Å². The lowest BCUT2D eigenvalue weighted by molar-refractivity contribution is -0.433. The predicted molar refractivity (Wildman–Crippen MR) is 108 cm³/mol. The zero-order chi connectivity index (χ0) is 30.8. The summed E-state index contributed by atoms with van der Waals surface area (Å²) in [6.07, 6.45) is -4.49. The molecule has 4 bridgehead atoms. The van der Waals surface area contributed by atoms with Crippen molar-refractivity contribution in [2.24, 2.45) is 5.92 Å². The van der Waals surface area contributed by atoms with Crippen LogP contribution in [0, 0.1) is 5.92 Å². The lowest BCUT2D eigenvalue weighted by Gasteiger charge is -2.63. The monoisotopic (exact) mass is 658 g/mol. The van der Waals surface area contributed by atoms with Gasteiger partial charge in [0.15, 0.2) is 0 Å². The Morgan fingerprint density at radius 3 is 1.32 bits per heavy atom. The molecule has 4 aliphatic carbocycles. The molecule has 2 atom stereocenters. The van der Waals surface area contributed by atoms with Gasteiger partial charge < -0.3 is 14.2 Å². The van der Waals surface area contributed by atoms with Gasteiger partial charge in [0.2, 0.25) is 0 Å². The number of carbonyl (C=O) groups excluding carboxylic acids is 3. The molecule has 4 aliphatic rings. The summed E-state index contributed by atoms with van der Waals surface area (Å²) in [4.78, 5) is 36.4. The van der Waals surface area contributed by atoms with Crippen LogP contribution in [0.3, 0.4) is 0 Å².